The van der Waals surface area contributed by atoms with Crippen molar-refractivity contribution in [1.29, 1.82) is 0 Å². The van der Waals surface area contributed by atoms with Crippen LogP contribution >= 0.6 is 0 Å². The van der Waals surface area contributed by atoms with Crippen molar-refractivity contribution in [3.8, 4) is 0 Å². The first-order chi connectivity index (χ1) is 9.27. The van der Waals surface area contributed by atoms with Crippen LogP contribution in [-0.2, 0) is 6.42 Å². The highest BCUT2D eigenvalue weighted by molar-refractivity contribution is 5.41. The Balaban J connectivity index is 3.16. The first kappa shape index (κ1) is 16.6. The van der Waals surface area contributed by atoms with Gasteiger partial charge in [-0.2, -0.15) is 5.10 Å². The van der Waals surface area contributed by atoms with Gasteiger partial charge in [-0.05, 0) is 40.2 Å². The summed E-state index contributed by atoms with van der Waals surface area (Å²) in [5.74, 6) is 0.544. The number of rotatable bonds is 7. The van der Waals surface area contributed by atoms with Crippen LogP contribution in [0.5, 0.6) is 0 Å². The summed E-state index contributed by atoms with van der Waals surface area (Å²) < 4.78 is 1.79. The van der Waals surface area contributed by atoms with Crippen molar-refractivity contribution < 1.29 is 4.92 Å². The van der Waals surface area contributed by atoms with E-state index in [2.05, 4.69) is 24.3 Å². The van der Waals surface area contributed by atoms with E-state index in [1.807, 2.05) is 20.9 Å². The van der Waals surface area contributed by atoms with Gasteiger partial charge in [0.25, 0.3) is 0 Å². The minimum absolute atomic E-state index is 0.119. The Morgan fingerprint density at radius 3 is 2.35 bits per heavy atom. The Bertz CT molecular complexity index is 466. The number of nitrogens with zero attached hydrogens (tertiary/aromatic N) is 3. The molecule has 0 radical (unpaired) electrons. The lowest BCUT2D eigenvalue weighted by Crippen LogP contribution is -2.30. The van der Waals surface area contributed by atoms with E-state index in [-0.39, 0.29) is 22.7 Å². The third kappa shape index (κ3) is 3.79. The molecule has 0 aliphatic heterocycles. The van der Waals surface area contributed by atoms with Gasteiger partial charge in [0.1, 0.15) is 11.4 Å². The van der Waals surface area contributed by atoms with Crippen molar-refractivity contribution in [2.45, 2.75) is 59.5 Å². The zero-order valence-electron chi connectivity index (χ0n) is 13.3. The summed E-state index contributed by atoms with van der Waals surface area (Å²) in [6.07, 6.45) is 1.61. The average Bonchev–Trinajstić information content (AvgIpc) is 2.64. The normalized spacial score (nSPS) is 13.2. The fourth-order valence-corrected chi connectivity index (χ4v) is 2.55. The van der Waals surface area contributed by atoms with Gasteiger partial charge in [0, 0.05) is 18.5 Å². The summed E-state index contributed by atoms with van der Waals surface area (Å²) in [6.45, 7) is 10.0. The van der Waals surface area contributed by atoms with Gasteiger partial charge in [-0.25, -0.2) is 0 Å². The predicted molar refractivity (Wildman–Crippen MR) is 80.0 cm³/mol. The maximum atomic E-state index is 11.3. The molecule has 1 aromatic rings. The number of nitro groups is 1. The summed E-state index contributed by atoms with van der Waals surface area (Å²) >= 11 is 0. The molecule has 0 fully saturated rings. The minimum atomic E-state index is -0.307. The van der Waals surface area contributed by atoms with Crippen molar-refractivity contribution in [3.05, 3.63) is 21.5 Å². The Hall–Kier alpha value is -1.43. The van der Waals surface area contributed by atoms with Crippen molar-refractivity contribution in [1.82, 2.24) is 15.1 Å². The first-order valence-electron chi connectivity index (χ1n) is 7.17. The summed E-state index contributed by atoms with van der Waals surface area (Å²) in [4.78, 5) is 11.0. The van der Waals surface area contributed by atoms with E-state index >= 15 is 0 Å². The molecule has 0 bridgehead atoms. The Morgan fingerprint density at radius 1 is 1.35 bits per heavy atom. The van der Waals surface area contributed by atoms with Gasteiger partial charge in [-0.3, -0.25) is 14.8 Å². The molecule has 0 aromatic carbocycles. The molecule has 6 heteroatoms. The molecule has 0 aliphatic rings. The molecule has 114 valence electrons. The lowest BCUT2D eigenvalue weighted by atomic mass is 9.99. The number of aromatic nitrogens is 2. The number of aryl methyl sites for hydroxylation is 1. The molecule has 0 amide bonds. The quantitative estimate of drug-likeness (QED) is 0.616. The van der Waals surface area contributed by atoms with Crippen LogP contribution in [0.3, 0.4) is 0 Å². The molecule has 1 atom stereocenters. The molecule has 1 unspecified atom stereocenters. The molecule has 0 aliphatic carbocycles. The molecular formula is C14H26N4O2. The molecule has 6 nitrogen and oxygen atoms in total. The topological polar surface area (TPSA) is 73.0 Å². The molecule has 1 rings (SSSR count). The summed E-state index contributed by atoms with van der Waals surface area (Å²) in [5.41, 5.74) is 1.39. The second-order valence-corrected chi connectivity index (χ2v) is 6.00. The second-order valence-electron chi connectivity index (χ2n) is 6.00. The summed E-state index contributed by atoms with van der Waals surface area (Å²) in [5, 5.41) is 18.9. The van der Waals surface area contributed by atoms with Crippen LogP contribution in [0, 0.1) is 23.0 Å². The van der Waals surface area contributed by atoms with Crippen LogP contribution in [0.4, 0.5) is 5.69 Å². The summed E-state index contributed by atoms with van der Waals surface area (Å²) in [6, 6.07) is 0.344. The highest BCUT2D eigenvalue weighted by atomic mass is 16.6. The van der Waals surface area contributed by atoms with Crippen molar-refractivity contribution in [3.63, 3.8) is 0 Å². The molecule has 0 saturated carbocycles. The standard InChI is InChI=1S/C14H26N4O2/c1-9(2)7-12(15-6)8-13-14(18(19)20)11(5)16-17(13)10(3)4/h9-10,12,15H,7-8H2,1-6H3. The van der Waals surface area contributed by atoms with Crippen LogP contribution in [-0.4, -0.2) is 27.8 Å². The number of nitrogens with one attached hydrogen (secondary N) is 1. The van der Waals surface area contributed by atoms with E-state index in [1.54, 1.807) is 11.6 Å². The second kappa shape index (κ2) is 6.83. The van der Waals surface area contributed by atoms with Crippen molar-refractivity contribution >= 4 is 5.69 Å². The summed E-state index contributed by atoms with van der Waals surface area (Å²) in [7, 11) is 1.90. The van der Waals surface area contributed by atoms with Gasteiger partial charge in [-0.15, -0.1) is 0 Å². The maximum absolute atomic E-state index is 11.3. The SMILES string of the molecule is CNC(Cc1c([N+](=O)[O-])c(C)nn1C(C)C)CC(C)C. The maximum Gasteiger partial charge on any atom is 0.313 e. The third-order valence-corrected chi connectivity index (χ3v) is 3.43. The van der Waals surface area contributed by atoms with Gasteiger partial charge in [0.15, 0.2) is 0 Å². The molecule has 1 heterocycles. The fourth-order valence-electron chi connectivity index (χ4n) is 2.55. The highest BCUT2D eigenvalue weighted by Gasteiger charge is 2.28. The smallest absolute Gasteiger partial charge is 0.313 e. The number of likely N-dealkylation sites (N-methyl/N-ethyl adjacent to an activating group) is 1. The molecule has 20 heavy (non-hydrogen) atoms. The van der Waals surface area contributed by atoms with Crippen LogP contribution in [0.15, 0.2) is 0 Å². The van der Waals surface area contributed by atoms with Crippen LogP contribution in [0.25, 0.3) is 0 Å². The first-order valence-corrected chi connectivity index (χ1v) is 7.17. The average molecular weight is 282 g/mol. The highest BCUT2D eigenvalue weighted by Crippen LogP contribution is 2.27. The fraction of sp³-hybridized carbons (Fsp3) is 0.786. The largest absolute Gasteiger partial charge is 0.317 e. The van der Waals surface area contributed by atoms with E-state index in [0.717, 1.165) is 12.1 Å². The molecule has 0 spiro atoms. The molecule has 1 N–H and O–H groups in total. The van der Waals surface area contributed by atoms with Gasteiger partial charge in [0.05, 0.1) is 4.92 Å². The van der Waals surface area contributed by atoms with Gasteiger partial charge < -0.3 is 5.32 Å². The van der Waals surface area contributed by atoms with Gasteiger partial charge >= 0.3 is 5.69 Å². The Labute approximate surface area is 120 Å². The number of hydrogen-bond donors (Lipinski definition) is 1. The van der Waals surface area contributed by atoms with E-state index < -0.39 is 0 Å². The van der Waals surface area contributed by atoms with Crippen LogP contribution < -0.4 is 5.32 Å². The van der Waals surface area contributed by atoms with E-state index in [0.29, 0.717) is 18.0 Å². The lowest BCUT2D eigenvalue weighted by Gasteiger charge is -2.19. The van der Waals surface area contributed by atoms with E-state index in [9.17, 15) is 10.1 Å². The van der Waals surface area contributed by atoms with Crippen molar-refractivity contribution in [2.24, 2.45) is 5.92 Å². The van der Waals surface area contributed by atoms with Gasteiger partial charge in [-0.1, -0.05) is 13.8 Å². The lowest BCUT2D eigenvalue weighted by molar-refractivity contribution is -0.386. The predicted octanol–water partition coefficient (Wildman–Crippen LogP) is 2.86. The minimum Gasteiger partial charge on any atom is -0.317 e. The van der Waals surface area contributed by atoms with Gasteiger partial charge in [0.2, 0.25) is 0 Å². The number of hydrogen-bond acceptors (Lipinski definition) is 4. The Morgan fingerprint density at radius 2 is 1.95 bits per heavy atom. The molecular weight excluding hydrogens is 256 g/mol. The molecule has 1 aromatic heterocycles. The zero-order valence-corrected chi connectivity index (χ0v) is 13.3. The molecule has 0 saturated heterocycles. The van der Waals surface area contributed by atoms with E-state index in [4.69, 9.17) is 0 Å². The van der Waals surface area contributed by atoms with Crippen LogP contribution in [0.1, 0.15) is 51.5 Å². The van der Waals surface area contributed by atoms with Crippen molar-refractivity contribution in [2.75, 3.05) is 7.05 Å². The van der Waals surface area contributed by atoms with Crippen LogP contribution in [0.2, 0.25) is 0 Å². The monoisotopic (exact) mass is 282 g/mol. The zero-order chi connectivity index (χ0) is 15.4. The van der Waals surface area contributed by atoms with E-state index in [1.165, 1.54) is 0 Å². The Kier molecular flexibility index (Phi) is 5.68. The third-order valence-electron chi connectivity index (χ3n) is 3.43.